The van der Waals surface area contributed by atoms with E-state index in [0.717, 1.165) is 55.9 Å². The largest absolute Gasteiger partial charge is 0.457 e. The summed E-state index contributed by atoms with van der Waals surface area (Å²) in [6, 6.07) is 57.0. The molecule has 2 aromatic heterocycles. The predicted molar refractivity (Wildman–Crippen MR) is 284 cm³/mol. The van der Waals surface area contributed by atoms with Crippen LogP contribution in [-0.2, 0) is 10.8 Å². The minimum absolute atomic E-state index is 0.0844. The van der Waals surface area contributed by atoms with Gasteiger partial charge in [-0.05, 0) is 94.8 Å². The summed E-state index contributed by atoms with van der Waals surface area (Å²) in [6.07, 6.45) is 1.86. The molecule has 0 saturated carbocycles. The van der Waals surface area contributed by atoms with Crippen LogP contribution in [0.15, 0.2) is 182 Å². The molecule has 0 bridgehead atoms. The standard InChI is InChI=1S/C62H50F5N5O/c1-61(2,3)38-30-31-68-53(32-38)72-49-25-14-13-22-45(49)46-29-28-43(36-52(46)72)73-44-34-41(33-42(35-44)71(39-18-9-7-10-19-39)40-20-11-8-12-21-40)69-37-70(51-27-16-15-26-50(51)69)60-47(23-17-24-48(60)62(4,5)6)54-55(63)57(65)59(67)58(66)56(54)64/h7-36H,37H2,1-6H3. The van der Waals surface area contributed by atoms with E-state index >= 15 is 17.6 Å². The quantitative estimate of drug-likeness (QED) is 0.0818. The van der Waals surface area contributed by atoms with Gasteiger partial charge in [0.05, 0.1) is 39.3 Å². The number of rotatable bonds is 9. The number of halogens is 5. The van der Waals surface area contributed by atoms with E-state index in [0.29, 0.717) is 34.1 Å². The summed E-state index contributed by atoms with van der Waals surface area (Å²) >= 11 is 0. The molecule has 11 rings (SSSR count). The van der Waals surface area contributed by atoms with Crippen molar-refractivity contribution in [1.82, 2.24) is 9.55 Å². The first-order valence-electron chi connectivity index (χ1n) is 24.1. The predicted octanol–water partition coefficient (Wildman–Crippen LogP) is 17.6. The zero-order chi connectivity index (χ0) is 50.9. The Morgan fingerprint density at radius 2 is 1.10 bits per heavy atom. The number of aromatic nitrogens is 2. The van der Waals surface area contributed by atoms with E-state index in [1.54, 1.807) is 6.07 Å². The van der Waals surface area contributed by atoms with Gasteiger partial charge in [0.25, 0.3) is 0 Å². The van der Waals surface area contributed by atoms with Crippen LogP contribution in [0, 0.1) is 29.1 Å². The Balaban J connectivity index is 1.10. The van der Waals surface area contributed by atoms with Crippen LogP contribution >= 0.6 is 0 Å². The fourth-order valence-electron chi connectivity index (χ4n) is 10.0. The maximum absolute atomic E-state index is 16.0. The first-order valence-corrected chi connectivity index (χ1v) is 24.1. The fourth-order valence-corrected chi connectivity index (χ4v) is 10.0. The van der Waals surface area contributed by atoms with Gasteiger partial charge in [-0.3, -0.25) is 4.57 Å². The van der Waals surface area contributed by atoms with Gasteiger partial charge in [-0.1, -0.05) is 126 Å². The summed E-state index contributed by atoms with van der Waals surface area (Å²) in [5.74, 6) is -8.18. The Hall–Kier alpha value is -8.44. The van der Waals surface area contributed by atoms with Crippen molar-refractivity contribution in [3.8, 4) is 28.4 Å². The van der Waals surface area contributed by atoms with E-state index in [2.05, 4.69) is 71.5 Å². The molecule has 10 aromatic rings. The number of hydrogen-bond donors (Lipinski definition) is 0. The number of para-hydroxylation sites is 6. The minimum atomic E-state index is -2.21. The number of pyridine rings is 1. The maximum Gasteiger partial charge on any atom is 0.200 e. The van der Waals surface area contributed by atoms with Crippen molar-refractivity contribution in [2.24, 2.45) is 0 Å². The lowest BCUT2D eigenvalue weighted by Crippen LogP contribution is -2.27. The maximum atomic E-state index is 16.0. The van der Waals surface area contributed by atoms with Crippen molar-refractivity contribution in [2.75, 3.05) is 21.4 Å². The van der Waals surface area contributed by atoms with Crippen LogP contribution < -0.4 is 19.4 Å². The van der Waals surface area contributed by atoms with Gasteiger partial charge in [0, 0.05) is 57.8 Å². The summed E-state index contributed by atoms with van der Waals surface area (Å²) < 4.78 is 85.9. The molecule has 0 radical (unpaired) electrons. The highest BCUT2D eigenvalue weighted by Crippen LogP contribution is 2.52. The Morgan fingerprint density at radius 3 is 1.75 bits per heavy atom. The molecule has 73 heavy (non-hydrogen) atoms. The van der Waals surface area contributed by atoms with Gasteiger partial charge in [0.1, 0.15) is 24.0 Å². The highest BCUT2D eigenvalue weighted by Gasteiger charge is 2.37. The third-order valence-corrected chi connectivity index (χ3v) is 13.5. The van der Waals surface area contributed by atoms with Crippen LogP contribution in [0.25, 0.3) is 38.8 Å². The van der Waals surface area contributed by atoms with Gasteiger partial charge in [0.15, 0.2) is 23.3 Å². The fraction of sp³-hybridized carbons (Fsp3) is 0.145. The van der Waals surface area contributed by atoms with Gasteiger partial charge < -0.3 is 19.4 Å². The topological polar surface area (TPSA) is 36.8 Å². The van der Waals surface area contributed by atoms with Crippen LogP contribution in [0.2, 0.25) is 0 Å². The highest BCUT2D eigenvalue weighted by molar-refractivity contribution is 6.09. The summed E-state index contributed by atoms with van der Waals surface area (Å²) in [6.45, 7) is 12.5. The van der Waals surface area contributed by atoms with Crippen LogP contribution in [-0.4, -0.2) is 16.2 Å². The molecule has 0 fully saturated rings. The van der Waals surface area contributed by atoms with Gasteiger partial charge in [-0.15, -0.1) is 0 Å². The zero-order valence-corrected chi connectivity index (χ0v) is 41.1. The summed E-state index contributed by atoms with van der Waals surface area (Å²) in [4.78, 5) is 11.0. The third kappa shape index (κ3) is 8.28. The van der Waals surface area contributed by atoms with Gasteiger partial charge in [-0.25, -0.2) is 26.9 Å². The van der Waals surface area contributed by atoms with Crippen LogP contribution in [0.5, 0.6) is 11.5 Å². The van der Waals surface area contributed by atoms with Gasteiger partial charge >= 0.3 is 0 Å². The van der Waals surface area contributed by atoms with Crippen LogP contribution in [0.1, 0.15) is 52.7 Å². The number of benzene rings is 8. The monoisotopic (exact) mass is 975 g/mol. The Kier molecular flexibility index (Phi) is 11.6. The number of ether oxygens (including phenoxy) is 1. The number of nitrogens with zero attached hydrogens (tertiary/aromatic N) is 5. The first-order chi connectivity index (χ1) is 35.1. The van der Waals surface area contributed by atoms with Crippen LogP contribution in [0.4, 0.5) is 61.8 Å². The molecule has 1 aliphatic rings. The molecule has 0 spiro atoms. The highest BCUT2D eigenvalue weighted by atomic mass is 19.2. The molecular formula is C62H50F5N5O. The molecule has 1 aliphatic heterocycles. The molecule has 0 aliphatic carbocycles. The number of fused-ring (bicyclic) bond motifs is 4. The molecular weight excluding hydrogens is 926 g/mol. The Morgan fingerprint density at radius 1 is 0.493 bits per heavy atom. The van der Waals surface area contributed by atoms with E-state index < -0.39 is 40.1 Å². The molecule has 6 nitrogen and oxygen atoms in total. The molecule has 0 unspecified atom stereocenters. The second-order valence-electron chi connectivity index (χ2n) is 20.4. The lowest BCUT2D eigenvalue weighted by molar-refractivity contribution is 0.381. The van der Waals surface area contributed by atoms with Crippen molar-refractivity contribution in [3.05, 3.63) is 222 Å². The molecule has 364 valence electrons. The van der Waals surface area contributed by atoms with Crippen LogP contribution in [0.3, 0.4) is 0 Å². The average Bonchev–Trinajstić information content (AvgIpc) is 3.94. The SMILES string of the molecule is CC(C)(C)c1ccnc(-n2c3ccccc3c3ccc(Oc4cc(N5CN(c6c(-c7c(F)c(F)c(F)c(F)c7F)cccc6C(C)(C)C)c6ccccc65)cc(N(c5ccccc5)c5ccccc5)c4)cc32)c1. The summed E-state index contributed by atoms with van der Waals surface area (Å²) in [5.41, 5.74) is 6.75. The molecule has 8 aromatic carbocycles. The molecule has 0 N–H and O–H groups in total. The Labute approximate surface area is 420 Å². The summed E-state index contributed by atoms with van der Waals surface area (Å²) in [5, 5.41) is 2.11. The van der Waals surface area contributed by atoms with E-state index in [-0.39, 0.29) is 17.6 Å². The number of hydrogen-bond acceptors (Lipinski definition) is 5. The average molecular weight is 976 g/mol. The number of anilines is 7. The molecule has 0 amide bonds. The zero-order valence-electron chi connectivity index (χ0n) is 41.1. The van der Waals surface area contributed by atoms with E-state index in [1.165, 1.54) is 6.07 Å². The van der Waals surface area contributed by atoms with E-state index in [4.69, 9.17) is 9.72 Å². The second-order valence-corrected chi connectivity index (χ2v) is 20.4. The molecule has 0 saturated heterocycles. The van der Waals surface area contributed by atoms with Crippen molar-refractivity contribution in [1.29, 1.82) is 0 Å². The Bertz CT molecular complexity index is 3680. The summed E-state index contributed by atoms with van der Waals surface area (Å²) in [7, 11) is 0. The van der Waals surface area contributed by atoms with Crippen molar-refractivity contribution >= 4 is 61.6 Å². The minimum Gasteiger partial charge on any atom is -0.457 e. The van der Waals surface area contributed by atoms with E-state index in [1.807, 2.05) is 159 Å². The first kappa shape index (κ1) is 46.9. The van der Waals surface area contributed by atoms with Gasteiger partial charge in [-0.2, -0.15) is 0 Å². The smallest absolute Gasteiger partial charge is 0.200 e. The van der Waals surface area contributed by atoms with Crippen molar-refractivity contribution in [2.45, 2.75) is 52.4 Å². The lowest BCUT2D eigenvalue weighted by Gasteiger charge is -2.32. The normalized spacial score (nSPS) is 12.8. The second kappa shape index (κ2) is 18.0. The molecule has 3 heterocycles. The van der Waals surface area contributed by atoms with Gasteiger partial charge in [0.2, 0.25) is 5.82 Å². The third-order valence-electron chi connectivity index (χ3n) is 13.5. The van der Waals surface area contributed by atoms with Crippen molar-refractivity contribution in [3.63, 3.8) is 0 Å². The lowest BCUT2D eigenvalue weighted by atomic mass is 9.83. The molecule has 0 atom stereocenters. The van der Waals surface area contributed by atoms with Crippen molar-refractivity contribution < 1.29 is 26.7 Å². The molecule has 11 heteroatoms. The van der Waals surface area contributed by atoms with E-state index in [9.17, 15) is 4.39 Å².